The summed E-state index contributed by atoms with van der Waals surface area (Å²) in [5, 5.41) is 1.09. The third-order valence-corrected chi connectivity index (χ3v) is 5.12. The van der Waals surface area contributed by atoms with Crippen molar-refractivity contribution >= 4 is 28.5 Å². The molecule has 0 bridgehead atoms. The highest BCUT2D eigenvalue weighted by atomic mass is 35.5. The van der Waals surface area contributed by atoms with Crippen molar-refractivity contribution in [3.63, 3.8) is 0 Å². The zero-order chi connectivity index (χ0) is 21.3. The zero-order valence-corrected chi connectivity index (χ0v) is 17.4. The van der Waals surface area contributed by atoms with Gasteiger partial charge < -0.3 is 13.7 Å². The maximum atomic E-state index is 13.3. The first-order valence-electron chi connectivity index (χ1n) is 9.52. The second kappa shape index (κ2) is 8.20. The Balaban J connectivity index is 1.73. The fraction of sp³-hybridized carbons (Fsp3) is 0.167. The number of halogens is 1. The van der Waals surface area contributed by atoms with Crippen LogP contribution in [0.2, 0.25) is 5.02 Å². The molecule has 30 heavy (non-hydrogen) atoms. The van der Waals surface area contributed by atoms with Gasteiger partial charge in [-0.05, 0) is 60.9 Å². The fourth-order valence-electron chi connectivity index (χ4n) is 3.47. The maximum Gasteiger partial charge on any atom is 0.290 e. The fourth-order valence-corrected chi connectivity index (χ4v) is 3.60. The molecular formula is C24H20ClNO4. The van der Waals surface area contributed by atoms with Crippen molar-refractivity contribution < 1.29 is 13.6 Å². The lowest BCUT2D eigenvalue weighted by Crippen LogP contribution is -2.30. The summed E-state index contributed by atoms with van der Waals surface area (Å²) >= 11 is 5.98. The highest BCUT2D eigenvalue weighted by Crippen LogP contribution is 2.21. The number of aryl methyl sites for hydroxylation is 2. The number of carbonyl (C=O) groups excluding carboxylic acids is 1. The molecule has 1 amide bonds. The van der Waals surface area contributed by atoms with Gasteiger partial charge >= 0.3 is 0 Å². The first kappa shape index (κ1) is 20.0. The molecule has 4 aromatic rings. The highest BCUT2D eigenvalue weighted by molar-refractivity contribution is 6.30. The van der Waals surface area contributed by atoms with Crippen molar-refractivity contribution in [2.75, 3.05) is 0 Å². The SMILES string of the molecule is Cc1cc(C)c2oc(C(=O)N(Cc3ccc(Cl)cc3)Cc3ccco3)cc(=O)c2c1. The van der Waals surface area contributed by atoms with Crippen molar-refractivity contribution in [3.8, 4) is 0 Å². The first-order valence-corrected chi connectivity index (χ1v) is 9.90. The Labute approximate surface area is 178 Å². The van der Waals surface area contributed by atoms with E-state index in [4.69, 9.17) is 20.4 Å². The predicted octanol–water partition coefficient (Wildman–Crippen LogP) is 5.50. The standard InChI is InChI=1S/C24H20ClNO4/c1-15-10-16(2)23-20(11-15)21(27)12-22(30-23)24(28)26(14-19-4-3-9-29-19)13-17-5-7-18(25)8-6-17/h3-12H,13-14H2,1-2H3. The van der Waals surface area contributed by atoms with E-state index in [1.54, 1.807) is 41.5 Å². The average Bonchev–Trinajstić information content (AvgIpc) is 3.22. The molecule has 0 N–H and O–H groups in total. The molecule has 0 radical (unpaired) electrons. The molecule has 0 atom stereocenters. The normalized spacial score (nSPS) is 11.0. The lowest BCUT2D eigenvalue weighted by atomic mass is 10.1. The monoisotopic (exact) mass is 421 g/mol. The van der Waals surface area contributed by atoms with Crippen LogP contribution < -0.4 is 5.43 Å². The molecule has 0 aliphatic rings. The highest BCUT2D eigenvalue weighted by Gasteiger charge is 2.22. The smallest absolute Gasteiger partial charge is 0.290 e. The van der Waals surface area contributed by atoms with Gasteiger partial charge in [0.25, 0.3) is 5.91 Å². The minimum atomic E-state index is -0.389. The van der Waals surface area contributed by atoms with E-state index < -0.39 is 0 Å². The largest absolute Gasteiger partial charge is 0.467 e. The number of furan rings is 1. The van der Waals surface area contributed by atoms with Crippen molar-refractivity contribution in [3.05, 3.63) is 104 Å². The number of carbonyl (C=O) groups is 1. The number of hydrogen-bond acceptors (Lipinski definition) is 4. The number of fused-ring (bicyclic) bond motifs is 1. The quantitative estimate of drug-likeness (QED) is 0.427. The van der Waals surface area contributed by atoms with E-state index in [1.807, 2.05) is 32.0 Å². The third kappa shape index (κ3) is 4.16. The molecular weight excluding hydrogens is 402 g/mol. The van der Waals surface area contributed by atoms with Crippen LogP contribution in [-0.4, -0.2) is 10.8 Å². The van der Waals surface area contributed by atoms with Gasteiger partial charge in [-0.15, -0.1) is 0 Å². The molecule has 0 saturated carbocycles. The Bertz CT molecular complexity index is 1260. The van der Waals surface area contributed by atoms with Crippen LogP contribution in [0, 0.1) is 13.8 Å². The van der Waals surface area contributed by atoms with Gasteiger partial charge in [-0.25, -0.2) is 0 Å². The summed E-state index contributed by atoms with van der Waals surface area (Å²) in [6.45, 7) is 4.33. The van der Waals surface area contributed by atoms with E-state index in [9.17, 15) is 9.59 Å². The molecule has 0 aliphatic carbocycles. The summed E-state index contributed by atoms with van der Waals surface area (Å²) in [5.74, 6) is 0.243. The maximum absolute atomic E-state index is 13.3. The van der Waals surface area contributed by atoms with Gasteiger partial charge in [-0.2, -0.15) is 0 Å². The van der Waals surface area contributed by atoms with Crippen LogP contribution in [0.4, 0.5) is 0 Å². The van der Waals surface area contributed by atoms with Crippen LogP contribution in [0.25, 0.3) is 11.0 Å². The first-order chi connectivity index (χ1) is 14.4. The van der Waals surface area contributed by atoms with Crippen LogP contribution in [0.3, 0.4) is 0 Å². The summed E-state index contributed by atoms with van der Waals surface area (Å²) in [4.78, 5) is 27.6. The van der Waals surface area contributed by atoms with E-state index in [0.717, 1.165) is 16.7 Å². The molecule has 4 rings (SSSR count). The van der Waals surface area contributed by atoms with Gasteiger partial charge in [0.15, 0.2) is 11.2 Å². The summed E-state index contributed by atoms with van der Waals surface area (Å²) < 4.78 is 11.3. The number of benzene rings is 2. The lowest BCUT2D eigenvalue weighted by Gasteiger charge is -2.21. The molecule has 0 unspecified atom stereocenters. The van der Waals surface area contributed by atoms with Gasteiger partial charge in [0.1, 0.15) is 11.3 Å². The molecule has 0 aliphatic heterocycles. The van der Waals surface area contributed by atoms with E-state index in [1.165, 1.54) is 6.07 Å². The molecule has 2 heterocycles. The summed E-state index contributed by atoms with van der Waals surface area (Å²) in [6, 6.07) is 15.8. The number of nitrogens with zero attached hydrogens (tertiary/aromatic N) is 1. The van der Waals surface area contributed by atoms with Gasteiger partial charge in [-0.1, -0.05) is 29.8 Å². The number of hydrogen-bond donors (Lipinski definition) is 0. The van der Waals surface area contributed by atoms with E-state index >= 15 is 0 Å². The van der Waals surface area contributed by atoms with Gasteiger partial charge in [0, 0.05) is 17.6 Å². The van der Waals surface area contributed by atoms with E-state index in [0.29, 0.717) is 28.3 Å². The second-order valence-corrected chi connectivity index (χ2v) is 7.74. The van der Waals surface area contributed by atoms with Gasteiger partial charge in [0.2, 0.25) is 0 Å². The second-order valence-electron chi connectivity index (χ2n) is 7.30. The molecule has 6 heteroatoms. The van der Waals surface area contributed by atoms with Crippen LogP contribution in [0.5, 0.6) is 0 Å². The van der Waals surface area contributed by atoms with Crippen LogP contribution in [0.1, 0.15) is 33.0 Å². The topological polar surface area (TPSA) is 63.7 Å². The molecule has 0 saturated heterocycles. The molecule has 2 aromatic carbocycles. The van der Waals surface area contributed by atoms with Crippen LogP contribution >= 0.6 is 11.6 Å². The Kier molecular flexibility index (Phi) is 5.46. The van der Waals surface area contributed by atoms with E-state index in [2.05, 4.69) is 0 Å². The molecule has 152 valence electrons. The molecule has 0 spiro atoms. The minimum Gasteiger partial charge on any atom is -0.467 e. The summed E-state index contributed by atoms with van der Waals surface area (Å²) in [7, 11) is 0. The third-order valence-electron chi connectivity index (χ3n) is 4.87. The minimum absolute atomic E-state index is 0.0000253. The Morgan fingerprint density at radius 1 is 1.03 bits per heavy atom. The van der Waals surface area contributed by atoms with Crippen molar-refractivity contribution in [1.29, 1.82) is 0 Å². The Morgan fingerprint density at radius 2 is 1.80 bits per heavy atom. The molecule has 5 nitrogen and oxygen atoms in total. The Morgan fingerprint density at radius 3 is 2.50 bits per heavy atom. The van der Waals surface area contributed by atoms with Gasteiger partial charge in [0.05, 0.1) is 18.2 Å². The van der Waals surface area contributed by atoms with E-state index in [-0.39, 0.29) is 23.6 Å². The zero-order valence-electron chi connectivity index (χ0n) is 16.6. The van der Waals surface area contributed by atoms with Crippen molar-refractivity contribution in [1.82, 2.24) is 4.90 Å². The van der Waals surface area contributed by atoms with Crippen LogP contribution in [-0.2, 0) is 13.1 Å². The van der Waals surface area contributed by atoms with Crippen LogP contribution in [0.15, 0.2) is 74.5 Å². The lowest BCUT2D eigenvalue weighted by molar-refractivity contribution is 0.0686. The Hall–Kier alpha value is -3.31. The molecule has 0 fully saturated rings. The average molecular weight is 422 g/mol. The van der Waals surface area contributed by atoms with Crippen molar-refractivity contribution in [2.45, 2.75) is 26.9 Å². The summed E-state index contributed by atoms with van der Waals surface area (Å²) in [6.07, 6.45) is 1.56. The molecule has 2 aromatic heterocycles. The van der Waals surface area contributed by atoms with Gasteiger partial charge in [-0.3, -0.25) is 9.59 Å². The number of rotatable bonds is 5. The summed E-state index contributed by atoms with van der Waals surface area (Å²) in [5.41, 5.74) is 2.87. The number of amides is 1. The van der Waals surface area contributed by atoms with Crippen molar-refractivity contribution in [2.24, 2.45) is 0 Å². The predicted molar refractivity (Wildman–Crippen MR) is 116 cm³/mol.